The predicted molar refractivity (Wildman–Crippen MR) is 100 cm³/mol. The standard InChI is InChI=1S/C19H20F2N4OS/c1-25-10-15(17(24-25)18(20)21)14(8-7-13-5-3-2-4-6-13)9-22-19(26)16-11-27-12-23-16/h2-6,10-12,14,18H,7-9H2,1H3,(H,22,26). The Morgan fingerprint density at radius 2 is 2.07 bits per heavy atom. The van der Waals surface area contributed by atoms with Crippen molar-refractivity contribution in [3.8, 4) is 0 Å². The summed E-state index contributed by atoms with van der Waals surface area (Å²) in [6, 6.07) is 9.83. The van der Waals surface area contributed by atoms with Crippen molar-refractivity contribution in [1.82, 2.24) is 20.1 Å². The molecule has 3 rings (SSSR count). The van der Waals surface area contributed by atoms with Gasteiger partial charge < -0.3 is 5.32 Å². The summed E-state index contributed by atoms with van der Waals surface area (Å²) in [7, 11) is 1.62. The van der Waals surface area contributed by atoms with Gasteiger partial charge in [0, 0.05) is 36.7 Å². The van der Waals surface area contributed by atoms with Crippen LogP contribution in [0.15, 0.2) is 47.4 Å². The van der Waals surface area contributed by atoms with E-state index in [2.05, 4.69) is 15.4 Å². The summed E-state index contributed by atoms with van der Waals surface area (Å²) in [6.45, 7) is 0.245. The molecule has 0 saturated carbocycles. The van der Waals surface area contributed by atoms with E-state index in [-0.39, 0.29) is 24.1 Å². The van der Waals surface area contributed by atoms with Crippen LogP contribution in [0.4, 0.5) is 8.78 Å². The summed E-state index contributed by atoms with van der Waals surface area (Å²) >= 11 is 1.33. The van der Waals surface area contributed by atoms with Crippen LogP contribution in [0.2, 0.25) is 0 Å². The lowest BCUT2D eigenvalue weighted by Crippen LogP contribution is -2.29. The number of benzene rings is 1. The average molecular weight is 390 g/mol. The van der Waals surface area contributed by atoms with E-state index in [1.165, 1.54) is 16.0 Å². The van der Waals surface area contributed by atoms with Gasteiger partial charge in [0.1, 0.15) is 11.4 Å². The SMILES string of the molecule is Cn1cc(C(CCc2ccccc2)CNC(=O)c2cscn2)c(C(F)F)n1. The predicted octanol–water partition coefficient (Wildman–Crippen LogP) is 3.96. The molecule has 0 radical (unpaired) electrons. The van der Waals surface area contributed by atoms with E-state index in [9.17, 15) is 13.6 Å². The first-order valence-electron chi connectivity index (χ1n) is 8.56. The third-order valence-corrected chi connectivity index (χ3v) is 4.92. The molecule has 5 nitrogen and oxygen atoms in total. The van der Waals surface area contributed by atoms with Gasteiger partial charge in [0.2, 0.25) is 0 Å². The molecule has 0 bridgehead atoms. The third-order valence-electron chi connectivity index (χ3n) is 4.33. The Morgan fingerprint density at radius 3 is 2.74 bits per heavy atom. The van der Waals surface area contributed by atoms with Crippen molar-refractivity contribution in [3.63, 3.8) is 0 Å². The Labute approximate surface area is 160 Å². The smallest absolute Gasteiger partial charge is 0.282 e. The summed E-state index contributed by atoms with van der Waals surface area (Å²) < 4.78 is 28.2. The molecule has 1 aromatic carbocycles. The molecule has 0 spiro atoms. The largest absolute Gasteiger partial charge is 0.350 e. The van der Waals surface area contributed by atoms with Crippen LogP contribution in [0.1, 0.15) is 46.1 Å². The molecule has 0 fully saturated rings. The van der Waals surface area contributed by atoms with Gasteiger partial charge in [0.05, 0.1) is 5.51 Å². The second-order valence-electron chi connectivity index (χ2n) is 6.25. The molecule has 0 aliphatic carbocycles. The first-order chi connectivity index (χ1) is 13.0. The quantitative estimate of drug-likeness (QED) is 0.633. The van der Waals surface area contributed by atoms with E-state index in [4.69, 9.17) is 0 Å². The van der Waals surface area contributed by atoms with Crippen LogP contribution >= 0.6 is 11.3 Å². The van der Waals surface area contributed by atoms with Crippen molar-refractivity contribution < 1.29 is 13.6 Å². The zero-order chi connectivity index (χ0) is 19.2. The number of amides is 1. The molecule has 1 amide bonds. The van der Waals surface area contributed by atoms with Crippen LogP contribution in [-0.4, -0.2) is 27.2 Å². The van der Waals surface area contributed by atoms with E-state index in [0.29, 0.717) is 17.7 Å². The molecule has 27 heavy (non-hydrogen) atoms. The fourth-order valence-corrected chi connectivity index (χ4v) is 3.52. The number of carbonyl (C=O) groups is 1. The van der Waals surface area contributed by atoms with Gasteiger partial charge in [-0.25, -0.2) is 13.8 Å². The van der Waals surface area contributed by atoms with Crippen molar-refractivity contribution in [2.45, 2.75) is 25.2 Å². The molecule has 0 aliphatic rings. The van der Waals surface area contributed by atoms with Gasteiger partial charge in [-0.2, -0.15) is 5.10 Å². The number of carbonyl (C=O) groups excluding carboxylic acids is 1. The highest BCUT2D eigenvalue weighted by Crippen LogP contribution is 2.30. The lowest BCUT2D eigenvalue weighted by Gasteiger charge is -2.18. The minimum Gasteiger partial charge on any atom is -0.350 e. The van der Waals surface area contributed by atoms with Crippen LogP contribution in [0.3, 0.4) is 0 Å². The van der Waals surface area contributed by atoms with Gasteiger partial charge in [-0.15, -0.1) is 11.3 Å². The zero-order valence-corrected chi connectivity index (χ0v) is 15.6. The molecule has 2 aromatic heterocycles. The monoisotopic (exact) mass is 390 g/mol. The van der Waals surface area contributed by atoms with E-state index in [1.54, 1.807) is 24.1 Å². The second-order valence-corrected chi connectivity index (χ2v) is 6.97. The number of hydrogen-bond donors (Lipinski definition) is 1. The lowest BCUT2D eigenvalue weighted by molar-refractivity contribution is 0.0946. The number of nitrogens with one attached hydrogen (secondary N) is 1. The van der Waals surface area contributed by atoms with E-state index < -0.39 is 6.43 Å². The first-order valence-corrected chi connectivity index (χ1v) is 9.50. The van der Waals surface area contributed by atoms with Crippen LogP contribution in [-0.2, 0) is 13.5 Å². The van der Waals surface area contributed by atoms with Gasteiger partial charge in [-0.1, -0.05) is 30.3 Å². The Morgan fingerprint density at radius 1 is 1.30 bits per heavy atom. The topological polar surface area (TPSA) is 59.8 Å². The lowest BCUT2D eigenvalue weighted by atomic mass is 9.92. The van der Waals surface area contributed by atoms with Crippen molar-refractivity contribution in [1.29, 1.82) is 0 Å². The van der Waals surface area contributed by atoms with Gasteiger partial charge in [0.25, 0.3) is 12.3 Å². The maximum atomic E-state index is 13.4. The summed E-state index contributed by atoms with van der Waals surface area (Å²) in [5.74, 6) is -0.575. The normalized spacial score (nSPS) is 12.3. The molecule has 0 aliphatic heterocycles. The highest BCUT2D eigenvalue weighted by atomic mass is 32.1. The molecule has 142 valence electrons. The molecule has 3 aromatic rings. The van der Waals surface area contributed by atoms with Crippen LogP contribution in [0.25, 0.3) is 0 Å². The van der Waals surface area contributed by atoms with Crippen LogP contribution in [0.5, 0.6) is 0 Å². The number of nitrogens with zero attached hydrogens (tertiary/aromatic N) is 3. The number of halogens is 2. The molecular weight excluding hydrogens is 370 g/mol. The summed E-state index contributed by atoms with van der Waals surface area (Å²) in [6.07, 6.45) is 0.295. The van der Waals surface area contributed by atoms with Gasteiger partial charge in [0.15, 0.2) is 0 Å². The highest BCUT2D eigenvalue weighted by Gasteiger charge is 2.25. The fourth-order valence-electron chi connectivity index (χ4n) is 2.99. The number of rotatable bonds is 8. The van der Waals surface area contributed by atoms with Crippen molar-refractivity contribution in [2.75, 3.05) is 6.54 Å². The van der Waals surface area contributed by atoms with E-state index in [0.717, 1.165) is 12.0 Å². The Balaban J connectivity index is 1.77. The summed E-state index contributed by atoms with van der Waals surface area (Å²) in [5.41, 5.74) is 3.29. The third kappa shape index (κ3) is 4.97. The van der Waals surface area contributed by atoms with Gasteiger partial charge >= 0.3 is 0 Å². The zero-order valence-electron chi connectivity index (χ0n) is 14.8. The maximum absolute atomic E-state index is 13.4. The van der Waals surface area contributed by atoms with Gasteiger partial charge in [-0.3, -0.25) is 9.48 Å². The molecule has 1 atom stereocenters. The average Bonchev–Trinajstić information content (AvgIpc) is 3.32. The Kier molecular flexibility index (Phi) is 6.28. The molecule has 0 saturated heterocycles. The second kappa shape index (κ2) is 8.85. The van der Waals surface area contributed by atoms with Crippen molar-refractivity contribution in [2.24, 2.45) is 7.05 Å². The van der Waals surface area contributed by atoms with Gasteiger partial charge in [-0.05, 0) is 18.4 Å². The van der Waals surface area contributed by atoms with E-state index >= 15 is 0 Å². The minimum absolute atomic E-state index is 0.224. The minimum atomic E-state index is -2.66. The Bertz CT molecular complexity index is 865. The summed E-state index contributed by atoms with van der Waals surface area (Å²) in [5, 5.41) is 8.38. The van der Waals surface area contributed by atoms with Crippen LogP contribution < -0.4 is 5.32 Å². The van der Waals surface area contributed by atoms with E-state index in [1.807, 2.05) is 30.3 Å². The van der Waals surface area contributed by atoms with Crippen LogP contribution in [0, 0.1) is 0 Å². The first kappa shape index (κ1) is 19.2. The van der Waals surface area contributed by atoms with Crippen molar-refractivity contribution in [3.05, 3.63) is 69.9 Å². The number of thiazole rings is 1. The number of aryl methyl sites for hydroxylation is 2. The van der Waals surface area contributed by atoms with Crippen molar-refractivity contribution >= 4 is 17.2 Å². The number of alkyl halides is 2. The maximum Gasteiger partial charge on any atom is 0.282 e. The highest BCUT2D eigenvalue weighted by molar-refractivity contribution is 7.07. The molecule has 1 N–H and O–H groups in total. The molecule has 2 heterocycles. The number of hydrogen-bond acceptors (Lipinski definition) is 4. The fraction of sp³-hybridized carbons (Fsp3) is 0.316. The Hall–Kier alpha value is -2.61. The molecular formula is C19H20F2N4OS. The summed E-state index contributed by atoms with van der Waals surface area (Å²) in [4.78, 5) is 16.2. The molecule has 8 heteroatoms. The number of aromatic nitrogens is 3. The molecule has 1 unspecified atom stereocenters.